The van der Waals surface area contributed by atoms with Crippen LogP contribution in [0.3, 0.4) is 0 Å². The number of carbonyl (C=O) groups excluding carboxylic acids is 3. The van der Waals surface area contributed by atoms with E-state index in [4.69, 9.17) is 0 Å². The molecule has 3 N–H and O–H groups in total. The number of anilines is 1. The standard InChI is InChI=1S/C26H33FN4O3/c1-17(2)23(30-24(32)21-8-4-5-9-22(21)27)25(33)31-14-6-7-19(16-31)15-28-26(34)29-20-12-10-18(3)11-13-20/h4-5,8-13,17,19,23H,6-7,14-16H2,1-3H3,(H,30,32)(H2,28,29,34). The molecular weight excluding hydrogens is 435 g/mol. The van der Waals surface area contributed by atoms with Crippen LogP contribution < -0.4 is 16.0 Å². The second-order valence-corrected chi connectivity index (χ2v) is 9.17. The van der Waals surface area contributed by atoms with Crippen molar-refractivity contribution in [3.63, 3.8) is 0 Å². The Balaban J connectivity index is 1.55. The van der Waals surface area contributed by atoms with Gasteiger partial charge in [0.25, 0.3) is 5.91 Å². The van der Waals surface area contributed by atoms with Crippen LogP contribution in [-0.2, 0) is 4.79 Å². The molecule has 1 fully saturated rings. The van der Waals surface area contributed by atoms with Gasteiger partial charge in [0.15, 0.2) is 0 Å². The lowest BCUT2D eigenvalue weighted by Gasteiger charge is -2.36. The number of hydrogen-bond acceptors (Lipinski definition) is 3. The fourth-order valence-corrected chi connectivity index (χ4v) is 4.06. The predicted octanol–water partition coefficient (Wildman–Crippen LogP) is 3.95. The third kappa shape index (κ3) is 6.79. The van der Waals surface area contributed by atoms with Gasteiger partial charge in [0.2, 0.25) is 5.91 Å². The first-order valence-electron chi connectivity index (χ1n) is 11.7. The van der Waals surface area contributed by atoms with E-state index in [1.54, 1.807) is 11.0 Å². The van der Waals surface area contributed by atoms with Crippen molar-refractivity contribution in [2.45, 2.75) is 39.7 Å². The van der Waals surface area contributed by atoms with E-state index in [0.29, 0.717) is 25.3 Å². The highest BCUT2D eigenvalue weighted by Gasteiger charge is 2.32. The normalized spacial score (nSPS) is 16.6. The summed E-state index contributed by atoms with van der Waals surface area (Å²) in [4.78, 5) is 39.9. The predicted molar refractivity (Wildman–Crippen MR) is 130 cm³/mol. The van der Waals surface area contributed by atoms with E-state index in [9.17, 15) is 18.8 Å². The van der Waals surface area contributed by atoms with Crippen molar-refractivity contribution in [1.82, 2.24) is 15.5 Å². The Morgan fingerprint density at radius 3 is 2.47 bits per heavy atom. The van der Waals surface area contributed by atoms with E-state index in [0.717, 1.165) is 18.4 Å². The Morgan fingerprint density at radius 1 is 1.09 bits per heavy atom. The molecule has 1 heterocycles. The summed E-state index contributed by atoms with van der Waals surface area (Å²) in [6.45, 7) is 7.20. The maximum Gasteiger partial charge on any atom is 0.319 e. The molecule has 0 saturated carbocycles. The highest BCUT2D eigenvalue weighted by molar-refractivity contribution is 5.97. The second-order valence-electron chi connectivity index (χ2n) is 9.17. The number of benzene rings is 2. The third-order valence-electron chi connectivity index (χ3n) is 6.03. The van der Waals surface area contributed by atoms with Crippen LogP contribution in [0.5, 0.6) is 0 Å². The molecule has 1 saturated heterocycles. The highest BCUT2D eigenvalue weighted by atomic mass is 19.1. The molecule has 0 bridgehead atoms. The highest BCUT2D eigenvalue weighted by Crippen LogP contribution is 2.19. The van der Waals surface area contributed by atoms with Crippen molar-refractivity contribution >= 4 is 23.5 Å². The van der Waals surface area contributed by atoms with Crippen LogP contribution in [-0.4, -0.2) is 48.4 Å². The summed E-state index contributed by atoms with van der Waals surface area (Å²) in [5, 5.41) is 8.41. The van der Waals surface area contributed by atoms with Crippen molar-refractivity contribution in [3.05, 3.63) is 65.5 Å². The summed E-state index contributed by atoms with van der Waals surface area (Å²) in [5.74, 6) is -1.47. The molecule has 1 aliphatic rings. The Morgan fingerprint density at radius 2 is 1.79 bits per heavy atom. The Kier molecular flexibility index (Phi) is 8.62. The molecule has 182 valence electrons. The lowest BCUT2D eigenvalue weighted by atomic mass is 9.95. The number of urea groups is 1. The summed E-state index contributed by atoms with van der Waals surface area (Å²) in [6.07, 6.45) is 1.70. The minimum Gasteiger partial charge on any atom is -0.341 e. The monoisotopic (exact) mass is 468 g/mol. The number of rotatable bonds is 7. The van der Waals surface area contributed by atoms with Crippen LogP contribution >= 0.6 is 0 Å². The quantitative estimate of drug-likeness (QED) is 0.575. The second kappa shape index (κ2) is 11.6. The number of aryl methyl sites for hydroxylation is 1. The van der Waals surface area contributed by atoms with Crippen molar-refractivity contribution in [3.8, 4) is 0 Å². The van der Waals surface area contributed by atoms with Crippen LogP contribution in [0.1, 0.15) is 42.6 Å². The molecule has 2 aromatic rings. The van der Waals surface area contributed by atoms with Crippen LogP contribution in [0.2, 0.25) is 0 Å². The van der Waals surface area contributed by atoms with E-state index < -0.39 is 17.8 Å². The van der Waals surface area contributed by atoms with Crippen molar-refractivity contribution in [2.75, 3.05) is 25.0 Å². The van der Waals surface area contributed by atoms with Gasteiger partial charge in [-0.3, -0.25) is 9.59 Å². The molecule has 1 aliphatic heterocycles. The smallest absolute Gasteiger partial charge is 0.319 e. The summed E-state index contributed by atoms with van der Waals surface area (Å²) in [6, 6.07) is 12.2. The van der Waals surface area contributed by atoms with E-state index in [2.05, 4.69) is 16.0 Å². The lowest BCUT2D eigenvalue weighted by Crippen LogP contribution is -2.54. The van der Waals surface area contributed by atoms with Gasteiger partial charge in [0.05, 0.1) is 5.56 Å². The number of nitrogens with one attached hydrogen (secondary N) is 3. The van der Waals surface area contributed by atoms with Gasteiger partial charge in [0, 0.05) is 25.3 Å². The number of amides is 4. The molecular formula is C26H33FN4O3. The summed E-state index contributed by atoms with van der Waals surface area (Å²) < 4.78 is 14.0. The molecule has 4 amide bonds. The van der Waals surface area contributed by atoms with Gasteiger partial charge >= 0.3 is 6.03 Å². The number of carbonyl (C=O) groups is 3. The van der Waals surface area contributed by atoms with E-state index >= 15 is 0 Å². The molecule has 0 spiro atoms. The zero-order chi connectivity index (χ0) is 24.7. The van der Waals surface area contributed by atoms with E-state index in [1.165, 1.54) is 18.2 Å². The Labute approximate surface area is 200 Å². The fourth-order valence-electron chi connectivity index (χ4n) is 4.06. The lowest BCUT2D eigenvalue weighted by molar-refractivity contribution is -0.136. The average Bonchev–Trinajstić information content (AvgIpc) is 2.82. The number of likely N-dealkylation sites (tertiary alicyclic amines) is 1. The SMILES string of the molecule is Cc1ccc(NC(=O)NCC2CCCN(C(=O)C(NC(=O)c3ccccc3F)C(C)C)C2)cc1. The van der Waals surface area contributed by atoms with Crippen molar-refractivity contribution in [1.29, 1.82) is 0 Å². The van der Waals surface area contributed by atoms with E-state index in [1.807, 2.05) is 45.0 Å². The van der Waals surface area contributed by atoms with Gasteiger partial charge < -0.3 is 20.9 Å². The third-order valence-corrected chi connectivity index (χ3v) is 6.03. The Hall–Kier alpha value is -3.42. The minimum atomic E-state index is -0.761. The topological polar surface area (TPSA) is 90.5 Å². The maximum atomic E-state index is 14.0. The van der Waals surface area contributed by atoms with Gasteiger partial charge in [-0.1, -0.05) is 43.7 Å². The van der Waals surface area contributed by atoms with Gasteiger partial charge in [-0.15, -0.1) is 0 Å². The summed E-state index contributed by atoms with van der Waals surface area (Å²) in [5.41, 5.74) is 1.75. The van der Waals surface area contributed by atoms with Gasteiger partial charge in [-0.2, -0.15) is 0 Å². The molecule has 3 rings (SSSR count). The largest absolute Gasteiger partial charge is 0.341 e. The molecule has 2 atom stereocenters. The first-order chi connectivity index (χ1) is 16.2. The molecule has 34 heavy (non-hydrogen) atoms. The van der Waals surface area contributed by atoms with Crippen molar-refractivity contribution < 1.29 is 18.8 Å². The molecule has 0 radical (unpaired) electrons. The number of piperidine rings is 1. The minimum absolute atomic E-state index is 0.0822. The van der Waals surface area contributed by atoms with Crippen LogP contribution in [0.15, 0.2) is 48.5 Å². The Bertz CT molecular complexity index is 1010. The van der Waals surface area contributed by atoms with E-state index in [-0.39, 0.29) is 29.3 Å². The van der Waals surface area contributed by atoms with Crippen LogP contribution in [0.4, 0.5) is 14.9 Å². The molecule has 0 aromatic heterocycles. The van der Waals surface area contributed by atoms with Crippen LogP contribution in [0.25, 0.3) is 0 Å². The van der Waals surface area contributed by atoms with Gasteiger partial charge in [-0.05, 0) is 55.9 Å². The number of hydrogen-bond donors (Lipinski definition) is 3. The molecule has 0 aliphatic carbocycles. The zero-order valence-electron chi connectivity index (χ0n) is 19.9. The first-order valence-corrected chi connectivity index (χ1v) is 11.7. The zero-order valence-corrected chi connectivity index (χ0v) is 19.9. The number of nitrogens with zero attached hydrogens (tertiary/aromatic N) is 1. The fraction of sp³-hybridized carbons (Fsp3) is 0.423. The molecule has 8 heteroatoms. The number of halogens is 1. The summed E-state index contributed by atoms with van der Waals surface area (Å²) in [7, 11) is 0. The van der Waals surface area contributed by atoms with Gasteiger partial charge in [-0.25, -0.2) is 9.18 Å². The molecule has 2 aromatic carbocycles. The molecule has 7 nitrogen and oxygen atoms in total. The van der Waals surface area contributed by atoms with Crippen molar-refractivity contribution in [2.24, 2.45) is 11.8 Å². The molecule has 2 unspecified atom stereocenters. The summed E-state index contributed by atoms with van der Waals surface area (Å²) >= 11 is 0. The van der Waals surface area contributed by atoms with Gasteiger partial charge in [0.1, 0.15) is 11.9 Å². The first kappa shape index (κ1) is 25.2. The average molecular weight is 469 g/mol. The maximum absolute atomic E-state index is 14.0. The van der Waals surface area contributed by atoms with Crippen LogP contribution in [0, 0.1) is 24.6 Å².